The Hall–Kier alpha value is -1.71. The van der Waals surface area contributed by atoms with Gasteiger partial charge >= 0.3 is 0 Å². The van der Waals surface area contributed by atoms with Gasteiger partial charge in [0.1, 0.15) is 7.11 Å². The summed E-state index contributed by atoms with van der Waals surface area (Å²) in [6, 6.07) is 4.71. The third-order valence-electron chi connectivity index (χ3n) is 3.03. The Balaban J connectivity index is 2.62. The molecule has 0 fully saturated rings. The van der Waals surface area contributed by atoms with Crippen LogP contribution in [0.15, 0.2) is 23.4 Å². The van der Waals surface area contributed by atoms with E-state index in [1.807, 2.05) is 0 Å². The minimum Gasteiger partial charge on any atom is -0.504 e. The first-order valence-electron chi connectivity index (χ1n) is 6.81. The largest absolute Gasteiger partial charge is 0.504 e. The highest BCUT2D eigenvalue weighted by Gasteiger charge is 2.08. The zero-order valence-electron chi connectivity index (χ0n) is 11.7. The van der Waals surface area contributed by atoms with Crippen molar-refractivity contribution in [3.63, 3.8) is 0 Å². The predicted octanol–water partition coefficient (Wildman–Crippen LogP) is 3.81. The predicted molar refractivity (Wildman–Crippen MR) is 76.7 cm³/mol. The van der Waals surface area contributed by atoms with Gasteiger partial charge in [0, 0.05) is 5.56 Å². The Morgan fingerprint density at radius 3 is 2.47 bits per heavy atom. The lowest BCUT2D eigenvalue weighted by Crippen LogP contribution is -2.02. The average Bonchev–Trinajstić information content (AvgIpc) is 2.40. The molecule has 0 spiro atoms. The van der Waals surface area contributed by atoms with Crippen LogP contribution in [-0.2, 0) is 4.84 Å². The Morgan fingerprint density at radius 1 is 1.11 bits per heavy atom. The number of nitrogens with zero attached hydrogens (tertiary/aromatic N) is 1. The smallest absolute Gasteiger partial charge is 0.158 e. The molecule has 4 heteroatoms. The quantitative estimate of drug-likeness (QED) is 0.325. The first kappa shape index (κ1) is 15.3. The highest BCUT2D eigenvalue weighted by Crippen LogP contribution is 2.26. The number of aromatic hydroxyl groups is 2. The van der Waals surface area contributed by atoms with Crippen molar-refractivity contribution >= 4 is 5.71 Å². The van der Waals surface area contributed by atoms with Gasteiger partial charge in [-0.2, -0.15) is 0 Å². The topological polar surface area (TPSA) is 62.0 Å². The SMILES string of the molecule is CCCCCCC/C(=N/OC)c1ccc(O)c(O)c1. The molecule has 0 bridgehead atoms. The van der Waals surface area contributed by atoms with E-state index in [2.05, 4.69) is 12.1 Å². The maximum Gasteiger partial charge on any atom is 0.158 e. The molecule has 0 amide bonds. The number of phenolic OH excluding ortho intramolecular Hbond substituents is 2. The van der Waals surface area contributed by atoms with Gasteiger partial charge in [-0.25, -0.2) is 0 Å². The van der Waals surface area contributed by atoms with Gasteiger partial charge in [-0.05, 0) is 31.0 Å². The minimum atomic E-state index is -0.132. The van der Waals surface area contributed by atoms with Gasteiger partial charge < -0.3 is 15.1 Å². The lowest BCUT2D eigenvalue weighted by molar-refractivity contribution is 0.212. The number of rotatable bonds is 8. The Morgan fingerprint density at radius 2 is 1.84 bits per heavy atom. The summed E-state index contributed by atoms with van der Waals surface area (Å²) in [5.41, 5.74) is 1.59. The summed E-state index contributed by atoms with van der Waals surface area (Å²) in [5, 5.41) is 22.8. The number of benzene rings is 1. The van der Waals surface area contributed by atoms with E-state index in [0.717, 1.165) is 24.1 Å². The van der Waals surface area contributed by atoms with Crippen molar-refractivity contribution in [2.45, 2.75) is 45.4 Å². The normalized spacial score (nSPS) is 11.6. The molecule has 0 saturated carbocycles. The number of unbranched alkanes of at least 4 members (excludes halogenated alkanes) is 4. The molecule has 19 heavy (non-hydrogen) atoms. The summed E-state index contributed by atoms with van der Waals surface area (Å²) in [7, 11) is 1.51. The molecular formula is C15H23NO3. The first-order chi connectivity index (χ1) is 9.19. The lowest BCUT2D eigenvalue weighted by atomic mass is 10.0. The summed E-state index contributed by atoms with van der Waals surface area (Å²) in [4.78, 5) is 4.85. The van der Waals surface area contributed by atoms with Crippen LogP contribution in [0.3, 0.4) is 0 Å². The molecule has 0 heterocycles. The molecular weight excluding hydrogens is 242 g/mol. The fraction of sp³-hybridized carbons (Fsp3) is 0.533. The minimum absolute atomic E-state index is 0.122. The number of hydrogen-bond acceptors (Lipinski definition) is 4. The summed E-state index contributed by atoms with van der Waals surface area (Å²) in [5.74, 6) is -0.254. The van der Waals surface area contributed by atoms with Gasteiger partial charge in [-0.1, -0.05) is 37.8 Å². The zero-order chi connectivity index (χ0) is 14.1. The third kappa shape index (κ3) is 5.20. The molecule has 0 aliphatic heterocycles. The van der Waals surface area contributed by atoms with Crippen LogP contribution in [-0.4, -0.2) is 23.0 Å². The number of hydrogen-bond donors (Lipinski definition) is 2. The maximum atomic E-state index is 9.51. The summed E-state index contributed by atoms with van der Waals surface area (Å²) in [6.45, 7) is 2.19. The second-order valence-electron chi connectivity index (χ2n) is 4.59. The van der Waals surface area contributed by atoms with Crippen molar-refractivity contribution in [2.24, 2.45) is 5.16 Å². The highest BCUT2D eigenvalue weighted by atomic mass is 16.6. The molecule has 0 saturated heterocycles. The van der Waals surface area contributed by atoms with Crippen LogP contribution in [0.25, 0.3) is 0 Å². The molecule has 2 N–H and O–H groups in total. The Bertz CT molecular complexity index is 416. The van der Waals surface area contributed by atoms with E-state index in [-0.39, 0.29) is 11.5 Å². The lowest BCUT2D eigenvalue weighted by Gasteiger charge is -2.07. The van der Waals surface area contributed by atoms with Crippen molar-refractivity contribution in [3.8, 4) is 11.5 Å². The van der Waals surface area contributed by atoms with Crippen molar-refractivity contribution in [1.29, 1.82) is 0 Å². The van der Waals surface area contributed by atoms with E-state index in [0.29, 0.717) is 0 Å². The van der Waals surface area contributed by atoms with E-state index < -0.39 is 0 Å². The third-order valence-corrected chi connectivity index (χ3v) is 3.03. The molecule has 0 aromatic heterocycles. The molecule has 0 unspecified atom stereocenters. The van der Waals surface area contributed by atoms with E-state index in [1.54, 1.807) is 6.07 Å². The van der Waals surface area contributed by atoms with Gasteiger partial charge in [0.2, 0.25) is 0 Å². The zero-order valence-corrected chi connectivity index (χ0v) is 11.7. The molecule has 0 atom stereocenters. The van der Waals surface area contributed by atoms with Gasteiger partial charge in [0.25, 0.3) is 0 Å². The van der Waals surface area contributed by atoms with E-state index in [1.165, 1.54) is 44.9 Å². The van der Waals surface area contributed by atoms with Crippen molar-refractivity contribution in [3.05, 3.63) is 23.8 Å². The van der Waals surface area contributed by atoms with E-state index in [9.17, 15) is 10.2 Å². The summed E-state index contributed by atoms with van der Waals surface area (Å²) >= 11 is 0. The second-order valence-corrected chi connectivity index (χ2v) is 4.59. The fourth-order valence-corrected chi connectivity index (χ4v) is 1.95. The summed E-state index contributed by atoms with van der Waals surface area (Å²) < 4.78 is 0. The monoisotopic (exact) mass is 265 g/mol. The molecule has 0 aliphatic rings. The molecule has 0 aliphatic carbocycles. The molecule has 106 valence electrons. The van der Waals surface area contributed by atoms with Crippen LogP contribution < -0.4 is 0 Å². The van der Waals surface area contributed by atoms with Crippen LogP contribution in [0.4, 0.5) is 0 Å². The van der Waals surface area contributed by atoms with Crippen LogP contribution >= 0.6 is 0 Å². The van der Waals surface area contributed by atoms with Crippen LogP contribution in [0.5, 0.6) is 11.5 Å². The fourth-order valence-electron chi connectivity index (χ4n) is 1.95. The molecule has 1 rings (SSSR count). The van der Waals surface area contributed by atoms with Gasteiger partial charge in [-0.3, -0.25) is 0 Å². The van der Waals surface area contributed by atoms with Crippen LogP contribution in [0.2, 0.25) is 0 Å². The molecule has 4 nitrogen and oxygen atoms in total. The first-order valence-corrected chi connectivity index (χ1v) is 6.81. The standard InChI is InChI=1S/C15H23NO3/c1-3-4-5-6-7-8-13(16-19-2)12-9-10-14(17)15(18)11-12/h9-11,17-18H,3-8H2,1-2H3/b16-13-. The van der Waals surface area contributed by atoms with Crippen LogP contribution in [0, 0.1) is 0 Å². The van der Waals surface area contributed by atoms with E-state index in [4.69, 9.17) is 4.84 Å². The van der Waals surface area contributed by atoms with Gasteiger partial charge in [0.15, 0.2) is 11.5 Å². The van der Waals surface area contributed by atoms with Gasteiger partial charge in [0.05, 0.1) is 5.71 Å². The Kier molecular flexibility index (Phi) is 6.79. The van der Waals surface area contributed by atoms with E-state index >= 15 is 0 Å². The van der Waals surface area contributed by atoms with Crippen molar-refractivity contribution in [2.75, 3.05) is 7.11 Å². The van der Waals surface area contributed by atoms with Crippen molar-refractivity contribution in [1.82, 2.24) is 0 Å². The van der Waals surface area contributed by atoms with Crippen molar-refractivity contribution < 1.29 is 15.1 Å². The summed E-state index contributed by atoms with van der Waals surface area (Å²) in [6.07, 6.45) is 6.74. The van der Waals surface area contributed by atoms with Crippen LogP contribution in [0.1, 0.15) is 51.0 Å². The highest BCUT2D eigenvalue weighted by molar-refractivity contribution is 6.00. The maximum absolute atomic E-state index is 9.51. The number of phenols is 2. The second kappa shape index (κ2) is 8.40. The van der Waals surface area contributed by atoms with Gasteiger partial charge in [-0.15, -0.1) is 0 Å². The molecule has 1 aromatic carbocycles. The molecule has 0 radical (unpaired) electrons. The molecule has 1 aromatic rings. The average molecular weight is 265 g/mol. The Labute approximate surface area is 114 Å². The number of oxime groups is 1.